The first-order valence-corrected chi connectivity index (χ1v) is 17.9. The van der Waals surface area contributed by atoms with E-state index in [1.165, 1.54) is 74.7 Å². The maximum Gasteiger partial charge on any atom is 0.0462 e. The summed E-state index contributed by atoms with van der Waals surface area (Å²) < 4.78 is 2.66. The van der Waals surface area contributed by atoms with Crippen molar-refractivity contribution in [2.24, 2.45) is 0 Å². The third kappa shape index (κ3) is 4.69. The number of anilines is 3. The van der Waals surface area contributed by atoms with Crippen LogP contribution in [0.5, 0.6) is 0 Å². The summed E-state index contributed by atoms with van der Waals surface area (Å²) in [7, 11) is 0. The molecular weight excluding hydrogens is 623 g/mol. The molecule has 2 heteroatoms. The highest BCUT2D eigenvalue weighted by atomic mass is 32.1. The lowest BCUT2D eigenvalue weighted by Gasteiger charge is -2.25. The van der Waals surface area contributed by atoms with Crippen molar-refractivity contribution in [2.45, 2.75) is 0 Å². The molecule has 50 heavy (non-hydrogen) atoms. The molecule has 1 heterocycles. The summed E-state index contributed by atoms with van der Waals surface area (Å²) in [5.41, 5.74) is 8.38. The Morgan fingerprint density at radius 2 is 0.720 bits per heavy atom. The minimum absolute atomic E-state index is 1.13. The molecule has 0 spiro atoms. The monoisotopic (exact) mass is 653 g/mol. The second-order valence-corrected chi connectivity index (χ2v) is 14.0. The van der Waals surface area contributed by atoms with Gasteiger partial charge in [-0.1, -0.05) is 127 Å². The van der Waals surface area contributed by atoms with Gasteiger partial charge in [-0.05, 0) is 115 Å². The molecule has 10 rings (SSSR count). The molecular formula is C48H31NS. The van der Waals surface area contributed by atoms with Crippen LogP contribution in [0.25, 0.3) is 74.7 Å². The van der Waals surface area contributed by atoms with E-state index in [-0.39, 0.29) is 0 Å². The molecule has 0 radical (unpaired) electrons. The van der Waals surface area contributed by atoms with Crippen LogP contribution in [0.15, 0.2) is 188 Å². The van der Waals surface area contributed by atoms with Crippen molar-refractivity contribution in [2.75, 3.05) is 4.90 Å². The van der Waals surface area contributed by atoms with E-state index >= 15 is 0 Å². The maximum absolute atomic E-state index is 2.43. The fourth-order valence-electron chi connectivity index (χ4n) is 7.71. The molecule has 1 nitrogen and oxygen atoms in total. The smallest absolute Gasteiger partial charge is 0.0462 e. The molecule has 0 aliphatic heterocycles. The maximum atomic E-state index is 2.43. The van der Waals surface area contributed by atoms with E-state index in [1.54, 1.807) is 0 Å². The highest BCUT2D eigenvalue weighted by Crippen LogP contribution is 2.44. The molecule has 0 aliphatic carbocycles. The molecule has 0 saturated carbocycles. The molecule has 10 aromatic rings. The van der Waals surface area contributed by atoms with Gasteiger partial charge in [-0.2, -0.15) is 0 Å². The van der Waals surface area contributed by atoms with E-state index in [9.17, 15) is 0 Å². The van der Waals surface area contributed by atoms with Gasteiger partial charge in [0.05, 0.1) is 0 Å². The number of rotatable bonds is 5. The SMILES string of the molecule is c1ccc(N(c2ccccc2)c2ccc(-c3cc4c5ccccc5c(-c5ccc6c(c5)sc5ccccc56)cc4c4ccccc34)cc2)cc1. The van der Waals surface area contributed by atoms with Crippen LogP contribution in [-0.4, -0.2) is 0 Å². The predicted molar refractivity (Wildman–Crippen MR) is 217 cm³/mol. The fourth-order valence-corrected chi connectivity index (χ4v) is 8.86. The molecule has 0 fully saturated rings. The predicted octanol–water partition coefficient (Wildman–Crippen LogP) is 14.3. The Balaban J connectivity index is 1.15. The number of fused-ring (bicyclic) bond motifs is 8. The molecule has 234 valence electrons. The van der Waals surface area contributed by atoms with Crippen molar-refractivity contribution in [1.82, 2.24) is 0 Å². The van der Waals surface area contributed by atoms with Crippen LogP contribution in [0, 0.1) is 0 Å². The molecule has 0 unspecified atom stereocenters. The zero-order valence-electron chi connectivity index (χ0n) is 27.3. The van der Waals surface area contributed by atoms with Gasteiger partial charge in [-0.15, -0.1) is 11.3 Å². The third-order valence-electron chi connectivity index (χ3n) is 10.0. The lowest BCUT2D eigenvalue weighted by molar-refractivity contribution is 1.28. The van der Waals surface area contributed by atoms with Gasteiger partial charge >= 0.3 is 0 Å². The molecule has 0 aliphatic rings. The van der Waals surface area contributed by atoms with Gasteiger partial charge in [0, 0.05) is 37.2 Å². The zero-order valence-corrected chi connectivity index (χ0v) is 28.1. The van der Waals surface area contributed by atoms with Gasteiger partial charge in [0.15, 0.2) is 0 Å². The Labute approximate surface area is 294 Å². The molecule has 9 aromatic carbocycles. The van der Waals surface area contributed by atoms with Crippen molar-refractivity contribution < 1.29 is 0 Å². The van der Waals surface area contributed by atoms with Crippen LogP contribution in [0.4, 0.5) is 17.1 Å². The number of para-hydroxylation sites is 2. The Kier molecular flexibility index (Phi) is 6.75. The Morgan fingerprint density at radius 3 is 1.32 bits per heavy atom. The van der Waals surface area contributed by atoms with Crippen LogP contribution >= 0.6 is 11.3 Å². The van der Waals surface area contributed by atoms with E-state index in [2.05, 4.69) is 193 Å². The number of benzene rings is 9. The highest BCUT2D eigenvalue weighted by Gasteiger charge is 2.17. The van der Waals surface area contributed by atoms with Crippen LogP contribution in [0.3, 0.4) is 0 Å². The molecule has 0 amide bonds. The van der Waals surface area contributed by atoms with Crippen molar-refractivity contribution >= 4 is 80.9 Å². The van der Waals surface area contributed by atoms with E-state index in [0.29, 0.717) is 0 Å². The zero-order chi connectivity index (χ0) is 33.0. The third-order valence-corrected chi connectivity index (χ3v) is 11.2. The van der Waals surface area contributed by atoms with Gasteiger partial charge in [-0.25, -0.2) is 0 Å². The van der Waals surface area contributed by atoms with Gasteiger partial charge in [0.1, 0.15) is 0 Å². The summed E-state index contributed by atoms with van der Waals surface area (Å²) in [6.45, 7) is 0. The largest absolute Gasteiger partial charge is 0.311 e. The first-order chi connectivity index (χ1) is 24.8. The minimum atomic E-state index is 1.13. The quantitative estimate of drug-likeness (QED) is 0.167. The molecule has 0 bridgehead atoms. The number of hydrogen-bond acceptors (Lipinski definition) is 2. The average Bonchev–Trinajstić information content (AvgIpc) is 3.56. The Hall–Kier alpha value is -6.22. The normalized spacial score (nSPS) is 11.6. The van der Waals surface area contributed by atoms with Crippen molar-refractivity contribution in [3.8, 4) is 22.3 Å². The van der Waals surface area contributed by atoms with Gasteiger partial charge in [0.2, 0.25) is 0 Å². The van der Waals surface area contributed by atoms with Crippen molar-refractivity contribution in [1.29, 1.82) is 0 Å². The van der Waals surface area contributed by atoms with Gasteiger partial charge < -0.3 is 4.90 Å². The topological polar surface area (TPSA) is 3.24 Å². The number of hydrogen-bond donors (Lipinski definition) is 0. The summed E-state index contributed by atoms with van der Waals surface area (Å²) in [4.78, 5) is 2.31. The highest BCUT2D eigenvalue weighted by molar-refractivity contribution is 7.25. The van der Waals surface area contributed by atoms with Gasteiger partial charge in [-0.3, -0.25) is 0 Å². The molecule has 0 saturated heterocycles. The average molecular weight is 654 g/mol. The van der Waals surface area contributed by atoms with E-state index in [4.69, 9.17) is 0 Å². The molecule has 0 atom stereocenters. The summed E-state index contributed by atoms with van der Waals surface area (Å²) in [5.74, 6) is 0. The summed E-state index contributed by atoms with van der Waals surface area (Å²) in [6.07, 6.45) is 0. The Bertz CT molecular complexity index is 2810. The molecule has 0 N–H and O–H groups in total. The van der Waals surface area contributed by atoms with Gasteiger partial charge in [0.25, 0.3) is 0 Å². The standard InChI is InChI=1S/C48H31NS/c1-3-13-34(14-4-1)49(35-15-5-2-6-16-35)36-26-23-32(24-27-36)43-30-45-40-20-10-8-18-38(40)44(31-46(45)39-19-9-7-17-37(39)43)33-25-28-42-41-21-11-12-22-47(41)50-48(42)29-33/h1-31H. The summed E-state index contributed by atoms with van der Waals surface area (Å²) in [5, 5.41) is 10.3. The minimum Gasteiger partial charge on any atom is -0.311 e. The Morgan fingerprint density at radius 1 is 0.280 bits per heavy atom. The van der Waals surface area contributed by atoms with E-state index in [0.717, 1.165) is 17.1 Å². The van der Waals surface area contributed by atoms with E-state index < -0.39 is 0 Å². The lowest BCUT2D eigenvalue weighted by Crippen LogP contribution is -2.09. The van der Waals surface area contributed by atoms with E-state index in [1.807, 2.05) is 11.3 Å². The number of nitrogens with zero attached hydrogens (tertiary/aromatic N) is 1. The first kappa shape index (κ1) is 28.8. The second kappa shape index (κ2) is 11.7. The van der Waals surface area contributed by atoms with Crippen molar-refractivity contribution in [3.63, 3.8) is 0 Å². The second-order valence-electron chi connectivity index (χ2n) is 12.9. The summed E-state index contributed by atoms with van der Waals surface area (Å²) >= 11 is 1.88. The first-order valence-electron chi connectivity index (χ1n) is 17.1. The van der Waals surface area contributed by atoms with Crippen molar-refractivity contribution in [3.05, 3.63) is 188 Å². The van der Waals surface area contributed by atoms with Crippen LogP contribution in [0.1, 0.15) is 0 Å². The van der Waals surface area contributed by atoms with Crippen LogP contribution in [0.2, 0.25) is 0 Å². The van der Waals surface area contributed by atoms with Crippen LogP contribution < -0.4 is 4.90 Å². The number of thiophene rings is 1. The lowest BCUT2D eigenvalue weighted by atomic mass is 9.87. The molecule has 1 aromatic heterocycles. The summed E-state index contributed by atoms with van der Waals surface area (Å²) in [6, 6.07) is 68.6. The van der Waals surface area contributed by atoms with Crippen LogP contribution in [-0.2, 0) is 0 Å². The fraction of sp³-hybridized carbons (Fsp3) is 0.